The number of ether oxygens (including phenoxy) is 1. The highest BCUT2D eigenvalue weighted by Crippen LogP contribution is 2.27. The Morgan fingerprint density at radius 3 is 2.44 bits per heavy atom. The fourth-order valence-electron chi connectivity index (χ4n) is 1.59. The number of hydrogen-bond acceptors (Lipinski definition) is 4. The summed E-state index contributed by atoms with van der Waals surface area (Å²) in [5.41, 5.74) is 8.35. The van der Waals surface area contributed by atoms with Crippen LogP contribution in [0.4, 0.5) is 5.95 Å². The topological polar surface area (TPSA) is 61.0 Å². The largest absolute Gasteiger partial charge is 0.481 e. The van der Waals surface area contributed by atoms with Crippen molar-refractivity contribution in [1.29, 1.82) is 0 Å². The molecule has 0 aliphatic rings. The van der Waals surface area contributed by atoms with E-state index in [9.17, 15) is 0 Å². The van der Waals surface area contributed by atoms with E-state index in [1.54, 1.807) is 7.11 Å². The molecule has 0 unspecified atom stereocenters. The number of nitrogen functional groups attached to an aromatic ring is 1. The first-order valence-corrected chi connectivity index (χ1v) is 4.96. The summed E-state index contributed by atoms with van der Waals surface area (Å²) in [6.45, 7) is 1.92. The van der Waals surface area contributed by atoms with Crippen molar-refractivity contribution in [3.63, 3.8) is 0 Å². The lowest BCUT2D eigenvalue weighted by atomic mass is 10.1. The molecule has 0 radical (unpaired) electrons. The van der Waals surface area contributed by atoms with Gasteiger partial charge in [0.15, 0.2) is 0 Å². The third-order valence-electron chi connectivity index (χ3n) is 2.36. The van der Waals surface area contributed by atoms with Crippen LogP contribution in [0, 0.1) is 6.92 Å². The molecule has 0 fully saturated rings. The Balaban J connectivity index is 2.61. The number of nitrogens with zero attached hydrogens (tertiary/aromatic N) is 2. The van der Waals surface area contributed by atoms with E-state index in [1.165, 1.54) is 0 Å². The van der Waals surface area contributed by atoms with Crippen LogP contribution in [-0.4, -0.2) is 17.1 Å². The summed E-state index contributed by atoms with van der Waals surface area (Å²) in [4.78, 5) is 8.26. The molecule has 16 heavy (non-hydrogen) atoms. The molecule has 0 atom stereocenters. The zero-order valence-corrected chi connectivity index (χ0v) is 9.27. The van der Waals surface area contributed by atoms with E-state index in [0.717, 1.165) is 16.8 Å². The van der Waals surface area contributed by atoms with Gasteiger partial charge in [0.05, 0.1) is 12.8 Å². The molecule has 1 aromatic heterocycles. The fraction of sp³-hybridized carbons (Fsp3) is 0.167. The highest BCUT2D eigenvalue weighted by molar-refractivity contribution is 5.65. The molecule has 2 aromatic rings. The minimum atomic E-state index is 0.223. The molecule has 0 aliphatic heterocycles. The van der Waals surface area contributed by atoms with E-state index >= 15 is 0 Å². The standard InChI is InChI=1S/C12H13N3O/c1-8-10(9-6-4-3-5-7-9)14-12(13)15-11(8)16-2/h3-7H,1-2H3,(H2,13,14,15). The van der Waals surface area contributed by atoms with Crippen LogP contribution in [0.1, 0.15) is 5.56 Å². The Labute approximate surface area is 94.1 Å². The molecule has 1 heterocycles. The van der Waals surface area contributed by atoms with Gasteiger partial charge >= 0.3 is 0 Å². The average Bonchev–Trinajstić information content (AvgIpc) is 2.33. The second-order valence-corrected chi connectivity index (χ2v) is 3.43. The molecular formula is C12H13N3O. The lowest BCUT2D eigenvalue weighted by Crippen LogP contribution is -2.02. The van der Waals surface area contributed by atoms with Crippen LogP contribution < -0.4 is 10.5 Å². The number of hydrogen-bond donors (Lipinski definition) is 1. The van der Waals surface area contributed by atoms with E-state index < -0.39 is 0 Å². The van der Waals surface area contributed by atoms with Crippen LogP contribution in [0.25, 0.3) is 11.3 Å². The summed E-state index contributed by atoms with van der Waals surface area (Å²) < 4.78 is 5.16. The van der Waals surface area contributed by atoms with Gasteiger partial charge in [-0.1, -0.05) is 30.3 Å². The predicted molar refractivity (Wildman–Crippen MR) is 63.2 cm³/mol. The molecule has 1 aromatic carbocycles. The van der Waals surface area contributed by atoms with E-state index in [2.05, 4.69) is 9.97 Å². The minimum Gasteiger partial charge on any atom is -0.481 e. The SMILES string of the molecule is COc1nc(N)nc(-c2ccccc2)c1C. The first-order valence-electron chi connectivity index (χ1n) is 4.96. The van der Waals surface area contributed by atoms with Gasteiger partial charge in [0.1, 0.15) is 0 Å². The van der Waals surface area contributed by atoms with Crippen LogP contribution >= 0.6 is 0 Å². The van der Waals surface area contributed by atoms with Gasteiger partial charge in [-0.3, -0.25) is 0 Å². The van der Waals surface area contributed by atoms with Gasteiger partial charge in [-0.05, 0) is 6.92 Å². The van der Waals surface area contributed by atoms with Crippen LogP contribution in [-0.2, 0) is 0 Å². The summed E-state index contributed by atoms with van der Waals surface area (Å²) in [5, 5.41) is 0. The minimum absolute atomic E-state index is 0.223. The zero-order valence-electron chi connectivity index (χ0n) is 9.27. The van der Waals surface area contributed by atoms with Gasteiger partial charge in [-0.15, -0.1) is 0 Å². The van der Waals surface area contributed by atoms with E-state index in [1.807, 2.05) is 37.3 Å². The Bertz CT molecular complexity index is 497. The molecule has 2 rings (SSSR count). The Morgan fingerprint density at radius 1 is 1.12 bits per heavy atom. The molecule has 0 amide bonds. The predicted octanol–water partition coefficient (Wildman–Crippen LogP) is 2.04. The van der Waals surface area contributed by atoms with Gasteiger partial charge in [0, 0.05) is 11.1 Å². The van der Waals surface area contributed by atoms with E-state index in [0.29, 0.717) is 5.88 Å². The number of benzene rings is 1. The molecular weight excluding hydrogens is 202 g/mol. The second kappa shape index (κ2) is 4.18. The summed E-state index contributed by atoms with van der Waals surface area (Å²) in [6, 6.07) is 9.84. The second-order valence-electron chi connectivity index (χ2n) is 3.43. The normalized spacial score (nSPS) is 10.1. The maximum Gasteiger partial charge on any atom is 0.223 e. The molecule has 4 nitrogen and oxygen atoms in total. The van der Waals surface area contributed by atoms with Gasteiger partial charge in [-0.25, -0.2) is 4.98 Å². The molecule has 4 heteroatoms. The van der Waals surface area contributed by atoms with Crippen LogP contribution in [0.3, 0.4) is 0 Å². The summed E-state index contributed by atoms with van der Waals surface area (Å²) in [6.07, 6.45) is 0. The van der Waals surface area contributed by atoms with Crippen molar-refractivity contribution in [2.45, 2.75) is 6.92 Å². The highest BCUT2D eigenvalue weighted by Gasteiger charge is 2.11. The Morgan fingerprint density at radius 2 is 1.81 bits per heavy atom. The van der Waals surface area contributed by atoms with Crippen molar-refractivity contribution < 1.29 is 4.74 Å². The van der Waals surface area contributed by atoms with E-state index in [4.69, 9.17) is 10.5 Å². The molecule has 0 bridgehead atoms. The van der Waals surface area contributed by atoms with Crippen molar-refractivity contribution in [3.8, 4) is 17.1 Å². The lowest BCUT2D eigenvalue weighted by Gasteiger charge is -2.09. The van der Waals surface area contributed by atoms with Gasteiger partial charge in [0.2, 0.25) is 11.8 Å². The molecule has 2 N–H and O–H groups in total. The quantitative estimate of drug-likeness (QED) is 0.832. The highest BCUT2D eigenvalue weighted by atomic mass is 16.5. The molecule has 0 saturated carbocycles. The van der Waals surface area contributed by atoms with Gasteiger partial charge < -0.3 is 10.5 Å². The van der Waals surface area contributed by atoms with E-state index in [-0.39, 0.29) is 5.95 Å². The molecule has 0 aliphatic carbocycles. The zero-order chi connectivity index (χ0) is 11.5. The number of rotatable bonds is 2. The molecule has 0 spiro atoms. The van der Waals surface area contributed by atoms with Gasteiger partial charge in [0.25, 0.3) is 0 Å². The Hall–Kier alpha value is -2.10. The maximum absolute atomic E-state index is 5.64. The van der Waals surface area contributed by atoms with Crippen molar-refractivity contribution in [2.24, 2.45) is 0 Å². The number of methoxy groups -OCH3 is 1. The van der Waals surface area contributed by atoms with Crippen molar-refractivity contribution >= 4 is 5.95 Å². The van der Waals surface area contributed by atoms with Crippen LogP contribution in [0.5, 0.6) is 5.88 Å². The lowest BCUT2D eigenvalue weighted by molar-refractivity contribution is 0.394. The van der Waals surface area contributed by atoms with Gasteiger partial charge in [-0.2, -0.15) is 4.98 Å². The number of aromatic nitrogens is 2. The Kier molecular flexibility index (Phi) is 2.72. The molecule has 82 valence electrons. The number of anilines is 1. The third-order valence-corrected chi connectivity index (χ3v) is 2.36. The first-order chi connectivity index (χ1) is 7.72. The number of nitrogens with two attached hydrogens (primary N) is 1. The van der Waals surface area contributed by atoms with Crippen LogP contribution in [0.2, 0.25) is 0 Å². The smallest absolute Gasteiger partial charge is 0.223 e. The summed E-state index contributed by atoms with van der Waals surface area (Å²) in [7, 11) is 1.57. The first kappa shape index (κ1) is 10.4. The third kappa shape index (κ3) is 1.82. The van der Waals surface area contributed by atoms with Crippen LogP contribution in [0.15, 0.2) is 30.3 Å². The van der Waals surface area contributed by atoms with Crippen molar-refractivity contribution in [1.82, 2.24) is 9.97 Å². The summed E-state index contributed by atoms with van der Waals surface area (Å²) >= 11 is 0. The average molecular weight is 215 g/mol. The maximum atomic E-state index is 5.64. The van der Waals surface area contributed by atoms with Crippen molar-refractivity contribution in [2.75, 3.05) is 12.8 Å². The monoisotopic (exact) mass is 215 g/mol. The summed E-state index contributed by atoms with van der Waals surface area (Å²) in [5.74, 6) is 0.743. The van der Waals surface area contributed by atoms with Crippen molar-refractivity contribution in [3.05, 3.63) is 35.9 Å². The molecule has 0 saturated heterocycles. The fourth-order valence-corrected chi connectivity index (χ4v) is 1.59.